The minimum absolute atomic E-state index is 0.0239. The first kappa shape index (κ1) is 19.0. The van der Waals surface area contributed by atoms with Crippen molar-refractivity contribution in [3.8, 4) is 0 Å². The largest absolute Gasteiger partial charge is 0.410 e. The number of carbonyl (C=O) groups excluding carboxylic acids is 2. The maximum atomic E-state index is 13.2. The summed E-state index contributed by atoms with van der Waals surface area (Å²) in [5.74, 6) is -1.38. The fourth-order valence-corrected chi connectivity index (χ4v) is 3.92. The molecule has 2 amide bonds. The first-order valence-corrected chi connectivity index (χ1v) is 10.6. The highest BCUT2D eigenvalue weighted by Crippen LogP contribution is 2.34. The van der Waals surface area contributed by atoms with Crippen LogP contribution >= 0.6 is 11.3 Å². The number of thiophene rings is 1. The van der Waals surface area contributed by atoms with E-state index in [1.54, 1.807) is 0 Å². The SMILES string of the molecule is [2H]C([2H])([2H])NC(=O)c1cnc(NC(=O)C2CC2)cc1Nc1csc2cnn([C@@H](C)C(F)(F)F)c(=O)c12. The molecule has 1 fully saturated rings. The molecule has 0 bridgehead atoms. The predicted octanol–water partition coefficient (Wildman–Crippen LogP) is 3.43. The number of rotatable bonds is 6. The van der Waals surface area contributed by atoms with Gasteiger partial charge in [0.25, 0.3) is 11.5 Å². The van der Waals surface area contributed by atoms with Crippen LogP contribution in [-0.4, -0.2) is 39.7 Å². The van der Waals surface area contributed by atoms with Crippen LogP contribution in [0.3, 0.4) is 0 Å². The van der Waals surface area contributed by atoms with E-state index in [4.69, 9.17) is 4.11 Å². The summed E-state index contributed by atoms with van der Waals surface area (Å²) in [6.07, 6.45) is -1.08. The number of halogens is 3. The molecule has 3 aromatic heterocycles. The Hall–Kier alpha value is -3.48. The van der Waals surface area contributed by atoms with Crippen LogP contribution in [-0.2, 0) is 4.79 Å². The van der Waals surface area contributed by atoms with Crippen LogP contribution < -0.4 is 21.5 Å². The van der Waals surface area contributed by atoms with Crippen molar-refractivity contribution in [2.45, 2.75) is 32.0 Å². The number of anilines is 3. The molecular formula is C20H19F3N6O3S. The van der Waals surface area contributed by atoms with Gasteiger partial charge in [0.15, 0.2) is 0 Å². The van der Waals surface area contributed by atoms with Gasteiger partial charge in [0, 0.05) is 34.6 Å². The lowest BCUT2D eigenvalue weighted by atomic mass is 10.2. The average molecular weight is 483 g/mol. The van der Waals surface area contributed by atoms with Crippen LogP contribution in [0.2, 0.25) is 0 Å². The first-order chi connectivity index (χ1) is 16.7. The second kappa shape index (κ2) is 8.46. The molecule has 0 saturated heterocycles. The van der Waals surface area contributed by atoms with Crippen molar-refractivity contribution in [1.29, 1.82) is 0 Å². The minimum atomic E-state index is -4.71. The third-order valence-electron chi connectivity index (χ3n) is 5.11. The fraction of sp³-hybridized carbons (Fsp3) is 0.350. The molecule has 4 rings (SSSR count). The summed E-state index contributed by atoms with van der Waals surface area (Å²) in [4.78, 5) is 41.7. The van der Waals surface area contributed by atoms with Crippen LogP contribution in [0.5, 0.6) is 0 Å². The van der Waals surface area contributed by atoms with Crippen LogP contribution in [0.4, 0.5) is 30.4 Å². The van der Waals surface area contributed by atoms with E-state index in [1.165, 1.54) is 11.4 Å². The van der Waals surface area contributed by atoms with E-state index in [0.717, 1.165) is 43.5 Å². The molecule has 1 aliphatic carbocycles. The van der Waals surface area contributed by atoms with Crippen LogP contribution in [0.25, 0.3) is 10.1 Å². The number of fused-ring (bicyclic) bond motifs is 1. The summed E-state index contributed by atoms with van der Waals surface area (Å²) in [7, 11) is 0. The van der Waals surface area contributed by atoms with Gasteiger partial charge in [-0.3, -0.25) is 14.4 Å². The van der Waals surface area contributed by atoms with Crippen molar-refractivity contribution in [3.05, 3.63) is 39.8 Å². The molecule has 13 heteroatoms. The summed E-state index contributed by atoms with van der Waals surface area (Å²) in [6.45, 7) is -2.01. The van der Waals surface area contributed by atoms with E-state index in [-0.39, 0.29) is 44.7 Å². The molecule has 9 nitrogen and oxygen atoms in total. The van der Waals surface area contributed by atoms with Gasteiger partial charge in [0.05, 0.1) is 33.2 Å². The molecule has 33 heavy (non-hydrogen) atoms. The monoisotopic (exact) mass is 483 g/mol. The van der Waals surface area contributed by atoms with Gasteiger partial charge in [-0.15, -0.1) is 11.3 Å². The van der Waals surface area contributed by atoms with E-state index in [9.17, 15) is 27.6 Å². The molecule has 3 N–H and O–H groups in total. The fourth-order valence-electron chi connectivity index (χ4n) is 3.07. The highest BCUT2D eigenvalue weighted by molar-refractivity contribution is 7.17. The third-order valence-corrected chi connectivity index (χ3v) is 6.03. The molecule has 0 radical (unpaired) electrons. The number of aromatic nitrogens is 3. The van der Waals surface area contributed by atoms with Crippen molar-refractivity contribution in [2.24, 2.45) is 5.92 Å². The van der Waals surface area contributed by atoms with Crippen molar-refractivity contribution in [3.63, 3.8) is 0 Å². The molecule has 3 heterocycles. The molecule has 0 aromatic carbocycles. The molecule has 1 aliphatic rings. The number of nitrogens with one attached hydrogen (secondary N) is 3. The number of amides is 2. The van der Waals surface area contributed by atoms with Gasteiger partial charge in [0.2, 0.25) is 5.91 Å². The topological polar surface area (TPSA) is 118 Å². The van der Waals surface area contributed by atoms with Crippen LogP contribution in [0, 0.1) is 5.92 Å². The second-order valence-electron chi connectivity index (χ2n) is 7.46. The summed E-state index contributed by atoms with van der Waals surface area (Å²) >= 11 is 1.03. The molecule has 1 saturated carbocycles. The number of alkyl halides is 3. The average Bonchev–Trinajstić information content (AvgIpc) is 3.53. The number of hydrogen-bond acceptors (Lipinski definition) is 7. The quantitative estimate of drug-likeness (QED) is 0.495. The van der Waals surface area contributed by atoms with E-state index in [0.29, 0.717) is 4.68 Å². The zero-order chi connectivity index (χ0) is 26.4. The van der Waals surface area contributed by atoms with Gasteiger partial charge in [-0.1, -0.05) is 0 Å². The molecule has 0 spiro atoms. The maximum Gasteiger partial charge on any atom is 0.410 e. The van der Waals surface area contributed by atoms with Gasteiger partial charge in [0.1, 0.15) is 11.9 Å². The zero-order valence-electron chi connectivity index (χ0n) is 20.0. The molecule has 1 atom stereocenters. The van der Waals surface area contributed by atoms with Gasteiger partial charge >= 0.3 is 6.18 Å². The van der Waals surface area contributed by atoms with Gasteiger partial charge in [-0.05, 0) is 19.8 Å². The van der Waals surface area contributed by atoms with Gasteiger partial charge in [-0.2, -0.15) is 18.3 Å². The summed E-state index contributed by atoms with van der Waals surface area (Å²) < 4.78 is 62.1. The zero-order valence-corrected chi connectivity index (χ0v) is 17.8. The third kappa shape index (κ3) is 4.53. The number of nitrogens with zero attached hydrogens (tertiary/aromatic N) is 3. The van der Waals surface area contributed by atoms with Gasteiger partial charge in [-0.25, -0.2) is 9.67 Å². The Bertz CT molecular complexity index is 1400. The maximum absolute atomic E-state index is 13.2. The summed E-state index contributed by atoms with van der Waals surface area (Å²) in [5.41, 5.74) is -1.19. The van der Waals surface area contributed by atoms with E-state index < -0.39 is 30.7 Å². The van der Waals surface area contributed by atoms with Crippen molar-refractivity contribution >= 4 is 50.4 Å². The highest BCUT2D eigenvalue weighted by Gasteiger charge is 2.39. The molecule has 0 unspecified atom stereocenters. The van der Waals surface area contributed by atoms with E-state index in [2.05, 4.69) is 20.7 Å². The number of pyridine rings is 1. The van der Waals surface area contributed by atoms with Crippen LogP contribution in [0.1, 0.15) is 40.3 Å². The Morgan fingerprint density at radius 3 is 2.73 bits per heavy atom. The number of carbonyl (C=O) groups is 2. The molecule has 3 aromatic rings. The minimum Gasteiger partial charge on any atom is -0.355 e. The highest BCUT2D eigenvalue weighted by atomic mass is 32.1. The lowest BCUT2D eigenvalue weighted by Crippen LogP contribution is -2.34. The Morgan fingerprint density at radius 1 is 1.30 bits per heavy atom. The first-order valence-electron chi connectivity index (χ1n) is 11.2. The Labute approximate surface area is 193 Å². The lowest BCUT2D eigenvalue weighted by molar-refractivity contribution is -0.166. The van der Waals surface area contributed by atoms with Crippen LogP contribution in [0.15, 0.2) is 28.6 Å². The Morgan fingerprint density at radius 2 is 2.06 bits per heavy atom. The van der Waals surface area contributed by atoms with Gasteiger partial charge < -0.3 is 16.0 Å². The summed E-state index contributed by atoms with van der Waals surface area (Å²) in [6, 6.07) is -0.913. The molecular weight excluding hydrogens is 461 g/mol. The van der Waals surface area contributed by atoms with Crippen molar-refractivity contribution in [1.82, 2.24) is 20.1 Å². The summed E-state index contributed by atoms with van der Waals surface area (Å²) in [5, 5.41) is 12.2. The second-order valence-corrected chi connectivity index (χ2v) is 8.37. The molecule has 0 aliphatic heterocycles. The molecule has 174 valence electrons. The Kier molecular flexibility index (Phi) is 4.88. The lowest BCUT2D eigenvalue weighted by Gasteiger charge is -2.17. The van der Waals surface area contributed by atoms with Crippen molar-refractivity contribution in [2.75, 3.05) is 17.6 Å². The number of hydrogen-bond donors (Lipinski definition) is 3. The van der Waals surface area contributed by atoms with E-state index in [1.807, 2.05) is 5.32 Å². The standard InChI is InChI=1S/C20H19F3N6O3S/c1-9(20(21,22)23)29-19(32)16-13(8-33-14(16)7-26-29)27-12-5-15(28-17(30)10-3-4-10)25-6-11(12)18(31)24-2/h5-10H,3-4H2,1-2H3,(H,24,31)(H2,25,27,28,30)/t9-/m0/s1/i2D3. The smallest absolute Gasteiger partial charge is 0.355 e. The normalized spacial score (nSPS) is 16.4. The Balaban J connectivity index is 1.76. The van der Waals surface area contributed by atoms with E-state index >= 15 is 0 Å². The van der Waals surface area contributed by atoms with Crippen molar-refractivity contribution < 1.29 is 26.9 Å². The predicted molar refractivity (Wildman–Crippen MR) is 117 cm³/mol.